The number of methoxy groups -OCH3 is 1. The van der Waals surface area contributed by atoms with E-state index in [1.807, 2.05) is 12.1 Å². The van der Waals surface area contributed by atoms with E-state index in [0.29, 0.717) is 0 Å². The maximum Gasteiger partial charge on any atom is 0 e. The first-order valence-electron chi connectivity index (χ1n) is 2.77. The molecule has 0 bridgehead atoms. The van der Waals surface area contributed by atoms with Gasteiger partial charge >= 0.3 is 0 Å². The van der Waals surface area contributed by atoms with Crippen LogP contribution in [0.3, 0.4) is 0 Å². The standard InChI is InChI=1S/C6H7.C2H5O.Hf/c1-6-4-2-3-5-6;1-3-2;/h2-5H,1H3;1H2,2H3;/q2*-1;. The van der Waals surface area contributed by atoms with E-state index in [9.17, 15) is 0 Å². The van der Waals surface area contributed by atoms with Gasteiger partial charge in [-0.1, -0.05) is 6.92 Å². The van der Waals surface area contributed by atoms with Crippen molar-refractivity contribution in [3.8, 4) is 0 Å². The molecule has 0 saturated carbocycles. The zero-order valence-electron chi connectivity index (χ0n) is 6.42. The zero-order chi connectivity index (χ0) is 7.11. The largest absolute Gasteiger partial charge is 0.557 e. The van der Waals surface area contributed by atoms with Crippen LogP contribution >= 0.6 is 0 Å². The first-order valence-corrected chi connectivity index (χ1v) is 2.77. The van der Waals surface area contributed by atoms with Gasteiger partial charge in [-0.2, -0.15) is 17.7 Å². The fourth-order valence-electron chi connectivity index (χ4n) is 0.470. The van der Waals surface area contributed by atoms with Gasteiger partial charge in [0.1, 0.15) is 0 Å². The molecule has 0 N–H and O–H groups in total. The molecule has 0 spiro atoms. The van der Waals surface area contributed by atoms with Crippen LogP contribution in [0.4, 0.5) is 0 Å². The fourth-order valence-corrected chi connectivity index (χ4v) is 0.470. The molecule has 1 aromatic carbocycles. The molecule has 0 atom stereocenters. The molecule has 0 saturated heterocycles. The van der Waals surface area contributed by atoms with Crippen LogP contribution in [0.1, 0.15) is 5.56 Å². The number of aryl methyl sites for hydroxylation is 1. The summed E-state index contributed by atoms with van der Waals surface area (Å²) in [5.41, 5.74) is 1.34. The van der Waals surface area contributed by atoms with Gasteiger partial charge in [0.2, 0.25) is 0 Å². The van der Waals surface area contributed by atoms with E-state index in [1.54, 1.807) is 0 Å². The van der Waals surface area contributed by atoms with E-state index in [-0.39, 0.29) is 25.8 Å². The smallest absolute Gasteiger partial charge is 0 e. The van der Waals surface area contributed by atoms with Crippen molar-refractivity contribution in [2.24, 2.45) is 0 Å². The predicted octanol–water partition coefficient (Wildman–Crippen LogP) is 2.14. The average molecular weight is 303 g/mol. The number of rotatable bonds is 0. The summed E-state index contributed by atoms with van der Waals surface area (Å²) in [6, 6.07) is 8.24. The van der Waals surface area contributed by atoms with E-state index in [2.05, 4.69) is 30.9 Å². The minimum atomic E-state index is 0. The Kier molecular flexibility index (Phi) is 11.8. The summed E-state index contributed by atoms with van der Waals surface area (Å²) in [5.74, 6) is 0. The second kappa shape index (κ2) is 9.18. The maximum atomic E-state index is 4.00. The predicted molar refractivity (Wildman–Crippen MR) is 39.1 cm³/mol. The summed E-state index contributed by atoms with van der Waals surface area (Å²) in [5, 5.41) is 0. The van der Waals surface area contributed by atoms with E-state index in [1.165, 1.54) is 12.7 Å². The first kappa shape index (κ1) is 12.8. The minimum Gasteiger partial charge on any atom is -0.557 e. The summed E-state index contributed by atoms with van der Waals surface area (Å²) < 4.78 is 4.00. The van der Waals surface area contributed by atoms with Crippen LogP contribution in [0.2, 0.25) is 0 Å². The van der Waals surface area contributed by atoms with Gasteiger partial charge in [-0.05, 0) is 7.11 Å². The molecule has 0 unspecified atom stereocenters. The van der Waals surface area contributed by atoms with Crippen LogP contribution in [0.25, 0.3) is 0 Å². The summed E-state index contributed by atoms with van der Waals surface area (Å²) in [7, 11) is 4.50. The van der Waals surface area contributed by atoms with Crippen molar-refractivity contribution in [3.63, 3.8) is 0 Å². The third kappa shape index (κ3) is 8.18. The van der Waals surface area contributed by atoms with E-state index >= 15 is 0 Å². The topological polar surface area (TPSA) is 9.23 Å². The molecule has 10 heavy (non-hydrogen) atoms. The van der Waals surface area contributed by atoms with E-state index in [0.717, 1.165) is 0 Å². The molecule has 0 heterocycles. The van der Waals surface area contributed by atoms with Crippen molar-refractivity contribution in [1.29, 1.82) is 0 Å². The molecule has 1 nitrogen and oxygen atoms in total. The summed E-state index contributed by atoms with van der Waals surface area (Å²) >= 11 is 0. The van der Waals surface area contributed by atoms with Crippen LogP contribution < -0.4 is 0 Å². The third-order valence-electron chi connectivity index (χ3n) is 0.829. The molecule has 1 aromatic rings. The number of hydrogen-bond donors (Lipinski definition) is 0. The van der Waals surface area contributed by atoms with Crippen molar-refractivity contribution in [1.82, 2.24) is 0 Å². The van der Waals surface area contributed by atoms with Crippen molar-refractivity contribution in [2.75, 3.05) is 7.11 Å². The second-order valence-corrected chi connectivity index (χ2v) is 1.75. The molecule has 0 aromatic heterocycles. The van der Waals surface area contributed by atoms with Gasteiger partial charge in [-0.25, -0.2) is 19.2 Å². The average Bonchev–Trinajstić information content (AvgIpc) is 2.20. The van der Waals surface area contributed by atoms with E-state index in [4.69, 9.17) is 0 Å². The van der Waals surface area contributed by atoms with Crippen molar-refractivity contribution in [2.45, 2.75) is 6.92 Å². The van der Waals surface area contributed by atoms with Crippen LogP contribution in [-0.4, -0.2) is 7.11 Å². The molecule has 0 fully saturated rings. The molecule has 2 heteroatoms. The Hall–Kier alpha value is 0.180. The van der Waals surface area contributed by atoms with Crippen molar-refractivity contribution < 1.29 is 30.6 Å². The summed E-state index contributed by atoms with van der Waals surface area (Å²) in [4.78, 5) is 0. The Morgan fingerprint density at radius 1 is 1.30 bits per heavy atom. The Balaban J connectivity index is 0. The van der Waals surface area contributed by atoms with Gasteiger partial charge in [-0.3, -0.25) is 0 Å². The van der Waals surface area contributed by atoms with Crippen LogP contribution in [0.15, 0.2) is 24.3 Å². The minimum absolute atomic E-state index is 0. The molecular formula is C8H12HfO-2. The molecule has 0 aliphatic heterocycles. The number of hydrogen-bond acceptors (Lipinski definition) is 1. The normalized spacial score (nSPS) is 7.10. The first-order chi connectivity index (χ1) is 4.31. The molecule has 0 aliphatic carbocycles. The summed E-state index contributed by atoms with van der Waals surface area (Å²) in [6.07, 6.45) is 0. The second-order valence-electron chi connectivity index (χ2n) is 1.75. The quantitative estimate of drug-likeness (QED) is 0.527. The molecule has 56 valence electrons. The maximum absolute atomic E-state index is 4.00. The van der Waals surface area contributed by atoms with Gasteiger partial charge in [0, 0.05) is 25.8 Å². The van der Waals surface area contributed by atoms with Gasteiger partial charge < -0.3 is 4.74 Å². The van der Waals surface area contributed by atoms with Crippen molar-refractivity contribution >= 4 is 0 Å². The Bertz CT molecular complexity index is 124. The molecule has 0 aliphatic rings. The van der Waals surface area contributed by atoms with Gasteiger partial charge in [-0.15, -0.1) is 0 Å². The van der Waals surface area contributed by atoms with E-state index < -0.39 is 0 Å². The molecule has 0 amide bonds. The van der Waals surface area contributed by atoms with Crippen LogP contribution in [0, 0.1) is 14.0 Å². The van der Waals surface area contributed by atoms with Crippen LogP contribution in [0.5, 0.6) is 0 Å². The monoisotopic (exact) mass is 304 g/mol. The SMILES string of the molecule is C[c-]1cccc1.[CH2-]OC.[Hf]. The van der Waals surface area contributed by atoms with Gasteiger partial charge in [0.05, 0.1) is 0 Å². The Morgan fingerprint density at radius 3 is 1.70 bits per heavy atom. The van der Waals surface area contributed by atoms with Crippen molar-refractivity contribution in [3.05, 3.63) is 36.9 Å². The molecule has 1 rings (SSSR count). The van der Waals surface area contributed by atoms with Crippen LogP contribution in [-0.2, 0) is 30.6 Å². The molecular weight excluding hydrogens is 291 g/mol. The summed E-state index contributed by atoms with van der Waals surface area (Å²) in [6.45, 7) is 2.08. The van der Waals surface area contributed by atoms with Gasteiger partial charge in [0.15, 0.2) is 0 Å². The molecule has 0 radical (unpaired) electrons. The Morgan fingerprint density at radius 2 is 1.60 bits per heavy atom. The van der Waals surface area contributed by atoms with Gasteiger partial charge in [0.25, 0.3) is 0 Å². The fraction of sp³-hybridized carbons (Fsp3) is 0.250. The zero-order valence-corrected chi connectivity index (χ0v) is 10.0. The number of ether oxygens (including phenoxy) is 1. The third-order valence-corrected chi connectivity index (χ3v) is 0.829. The Labute approximate surface area is 81.5 Å².